The minimum atomic E-state index is -0.536. The van der Waals surface area contributed by atoms with Gasteiger partial charge in [0.25, 0.3) is 11.1 Å². The van der Waals surface area contributed by atoms with Gasteiger partial charge in [-0.1, -0.05) is 41.4 Å². The molecule has 0 saturated carbocycles. The number of halogens is 4. The van der Waals surface area contributed by atoms with Crippen LogP contribution in [0.3, 0.4) is 0 Å². The van der Waals surface area contributed by atoms with E-state index in [9.17, 15) is 14.4 Å². The van der Waals surface area contributed by atoms with Gasteiger partial charge in [0.1, 0.15) is 18.9 Å². The lowest BCUT2D eigenvalue weighted by Gasteiger charge is -2.30. The van der Waals surface area contributed by atoms with Gasteiger partial charge in [-0.3, -0.25) is 19.3 Å². The SMILES string of the molecule is O=C(CN1C(=O)S/C(=C/c2cc(Br)c(OCc3ccc(Cl)cc3Cl)c(Br)c2)C1=O)Nc1ccccc1N1CCOCC1. The zero-order chi connectivity index (χ0) is 29.8. The molecule has 2 heterocycles. The molecule has 2 aliphatic heterocycles. The van der Waals surface area contributed by atoms with Crippen molar-refractivity contribution in [2.75, 3.05) is 43.1 Å². The number of amides is 3. The quantitative estimate of drug-likeness (QED) is 0.237. The summed E-state index contributed by atoms with van der Waals surface area (Å²) in [5, 5.41) is 3.37. The van der Waals surface area contributed by atoms with Gasteiger partial charge in [-0.15, -0.1) is 0 Å². The van der Waals surface area contributed by atoms with Crippen LogP contribution in [0, 0.1) is 0 Å². The highest BCUT2D eigenvalue weighted by Gasteiger charge is 2.36. The van der Waals surface area contributed by atoms with Crippen molar-refractivity contribution in [3.8, 4) is 5.75 Å². The van der Waals surface area contributed by atoms with Crippen molar-refractivity contribution in [3.63, 3.8) is 0 Å². The van der Waals surface area contributed by atoms with Crippen molar-refractivity contribution in [3.05, 3.63) is 89.6 Å². The van der Waals surface area contributed by atoms with E-state index < -0.39 is 23.6 Å². The fraction of sp³-hybridized carbons (Fsp3) is 0.207. The van der Waals surface area contributed by atoms with Crippen molar-refractivity contribution < 1.29 is 23.9 Å². The van der Waals surface area contributed by atoms with Gasteiger partial charge >= 0.3 is 0 Å². The zero-order valence-electron chi connectivity index (χ0n) is 21.9. The highest BCUT2D eigenvalue weighted by atomic mass is 79.9. The molecule has 2 saturated heterocycles. The average Bonchev–Trinajstić information content (AvgIpc) is 3.21. The van der Waals surface area contributed by atoms with Crippen molar-refractivity contribution in [2.24, 2.45) is 0 Å². The molecule has 2 fully saturated rings. The molecule has 42 heavy (non-hydrogen) atoms. The molecule has 0 unspecified atom stereocenters. The summed E-state index contributed by atoms with van der Waals surface area (Å²) in [6.07, 6.45) is 1.60. The van der Waals surface area contributed by atoms with Crippen LogP contribution in [0.15, 0.2) is 68.4 Å². The van der Waals surface area contributed by atoms with Crippen LogP contribution in [0.5, 0.6) is 5.75 Å². The van der Waals surface area contributed by atoms with Gasteiger partial charge < -0.3 is 19.7 Å². The lowest BCUT2D eigenvalue weighted by molar-refractivity contribution is -0.127. The molecule has 3 aromatic carbocycles. The van der Waals surface area contributed by atoms with Crippen molar-refractivity contribution in [1.82, 2.24) is 4.90 Å². The molecule has 0 atom stereocenters. The third-order valence-corrected chi connectivity index (χ3v) is 9.08. The van der Waals surface area contributed by atoms with Gasteiger partial charge in [-0.25, -0.2) is 0 Å². The number of ether oxygens (including phenoxy) is 2. The summed E-state index contributed by atoms with van der Waals surface area (Å²) in [4.78, 5) is 42.0. The molecule has 3 aromatic rings. The predicted octanol–water partition coefficient (Wildman–Crippen LogP) is 7.61. The summed E-state index contributed by atoms with van der Waals surface area (Å²) in [5.74, 6) is -0.459. The number of anilines is 2. The smallest absolute Gasteiger partial charge is 0.294 e. The molecular formula is C29H23Br2Cl2N3O5S. The topological polar surface area (TPSA) is 88.2 Å². The second-order valence-electron chi connectivity index (χ2n) is 9.27. The number of morpholine rings is 1. The van der Waals surface area contributed by atoms with Gasteiger partial charge in [0.15, 0.2) is 0 Å². The molecule has 8 nitrogen and oxygen atoms in total. The van der Waals surface area contributed by atoms with Gasteiger partial charge in [-0.2, -0.15) is 0 Å². The Morgan fingerprint density at radius 1 is 1.05 bits per heavy atom. The van der Waals surface area contributed by atoms with Gasteiger partial charge in [0.2, 0.25) is 5.91 Å². The Bertz CT molecular complexity index is 1560. The number of hydrogen-bond donors (Lipinski definition) is 1. The molecule has 0 bridgehead atoms. The van der Waals surface area contributed by atoms with Gasteiger partial charge in [-0.05, 0) is 91.7 Å². The van der Waals surface area contributed by atoms with Crippen LogP contribution in [-0.2, 0) is 20.9 Å². The number of carbonyl (C=O) groups is 3. The van der Waals surface area contributed by atoms with Crippen LogP contribution in [0.25, 0.3) is 6.08 Å². The molecule has 5 rings (SSSR count). The van der Waals surface area contributed by atoms with Crippen LogP contribution in [0.2, 0.25) is 10.0 Å². The van der Waals surface area contributed by atoms with Crippen LogP contribution >= 0.6 is 66.8 Å². The summed E-state index contributed by atoms with van der Waals surface area (Å²) in [7, 11) is 0. The number of hydrogen-bond acceptors (Lipinski definition) is 7. The maximum atomic E-state index is 13.1. The number of benzene rings is 3. The third kappa shape index (κ3) is 7.32. The molecular weight excluding hydrogens is 733 g/mol. The number of nitrogens with one attached hydrogen (secondary N) is 1. The summed E-state index contributed by atoms with van der Waals surface area (Å²) in [6, 6.07) is 16.1. The molecule has 0 aliphatic carbocycles. The first-order valence-electron chi connectivity index (χ1n) is 12.7. The lowest BCUT2D eigenvalue weighted by Crippen LogP contribution is -2.38. The molecule has 218 valence electrons. The Balaban J connectivity index is 1.25. The molecule has 0 aromatic heterocycles. The van der Waals surface area contributed by atoms with E-state index in [4.69, 9.17) is 32.7 Å². The molecule has 1 N–H and O–H groups in total. The van der Waals surface area contributed by atoms with Crippen LogP contribution in [-0.4, -0.2) is 54.8 Å². The minimum Gasteiger partial charge on any atom is -0.486 e. The maximum Gasteiger partial charge on any atom is 0.294 e. The summed E-state index contributed by atoms with van der Waals surface area (Å²) in [5.41, 5.74) is 2.90. The Labute approximate surface area is 273 Å². The first-order chi connectivity index (χ1) is 20.2. The van der Waals surface area contributed by atoms with E-state index in [-0.39, 0.29) is 11.5 Å². The Morgan fingerprint density at radius 3 is 2.48 bits per heavy atom. The normalized spacial score (nSPS) is 16.3. The van der Waals surface area contributed by atoms with Crippen molar-refractivity contribution in [1.29, 1.82) is 0 Å². The van der Waals surface area contributed by atoms with E-state index in [1.807, 2.05) is 18.2 Å². The second-order valence-corrected chi connectivity index (χ2v) is 12.8. The Morgan fingerprint density at radius 2 is 1.76 bits per heavy atom. The van der Waals surface area contributed by atoms with Crippen LogP contribution in [0.1, 0.15) is 11.1 Å². The average molecular weight is 756 g/mol. The van der Waals surface area contributed by atoms with Crippen molar-refractivity contribution >= 4 is 101 Å². The number of para-hydroxylation sites is 2. The largest absolute Gasteiger partial charge is 0.486 e. The molecule has 13 heteroatoms. The lowest BCUT2D eigenvalue weighted by atomic mass is 10.2. The first-order valence-corrected chi connectivity index (χ1v) is 15.9. The molecule has 0 spiro atoms. The molecule has 3 amide bonds. The van der Waals surface area contributed by atoms with Gasteiger partial charge in [0, 0.05) is 28.7 Å². The highest BCUT2D eigenvalue weighted by molar-refractivity contribution is 9.11. The number of imide groups is 1. The van der Waals surface area contributed by atoms with E-state index in [1.165, 1.54) is 0 Å². The summed E-state index contributed by atoms with van der Waals surface area (Å²) in [6.45, 7) is 2.43. The number of rotatable bonds is 8. The van der Waals surface area contributed by atoms with Gasteiger partial charge in [0.05, 0.1) is 38.4 Å². The van der Waals surface area contributed by atoms with E-state index in [2.05, 4.69) is 42.1 Å². The predicted molar refractivity (Wildman–Crippen MR) is 173 cm³/mol. The summed E-state index contributed by atoms with van der Waals surface area (Å²) < 4.78 is 12.6. The Hall–Kier alpha value is -2.54. The second kappa shape index (κ2) is 13.8. The maximum absolute atomic E-state index is 13.1. The number of carbonyl (C=O) groups excluding carboxylic acids is 3. The minimum absolute atomic E-state index is 0.210. The molecule has 0 radical (unpaired) electrons. The Kier molecular flexibility index (Phi) is 10.2. The van der Waals surface area contributed by atoms with E-state index >= 15 is 0 Å². The van der Waals surface area contributed by atoms with Crippen LogP contribution in [0.4, 0.5) is 16.2 Å². The first kappa shape index (κ1) is 30.9. The highest BCUT2D eigenvalue weighted by Crippen LogP contribution is 2.38. The summed E-state index contributed by atoms with van der Waals surface area (Å²) >= 11 is 20.0. The fourth-order valence-corrected chi connectivity index (χ4v) is 7.12. The molecule has 2 aliphatic rings. The van der Waals surface area contributed by atoms with E-state index in [1.54, 1.807) is 42.5 Å². The van der Waals surface area contributed by atoms with Crippen LogP contribution < -0.4 is 15.0 Å². The number of nitrogens with zero attached hydrogens (tertiary/aromatic N) is 2. The third-order valence-electron chi connectivity index (χ3n) is 6.41. The van der Waals surface area contributed by atoms with Crippen molar-refractivity contribution in [2.45, 2.75) is 6.61 Å². The zero-order valence-corrected chi connectivity index (χ0v) is 27.4. The fourth-order valence-electron chi connectivity index (χ4n) is 4.37. The van der Waals surface area contributed by atoms with E-state index in [0.717, 1.165) is 27.9 Å². The monoisotopic (exact) mass is 753 g/mol. The number of thioether (sulfide) groups is 1. The van der Waals surface area contributed by atoms with E-state index in [0.29, 0.717) is 62.3 Å². The standard InChI is InChI=1S/C29H23Br2Cl2N3O5S/c30-20-11-17(12-21(31)27(20)41-16-18-5-6-19(32)14-22(18)33)13-25-28(38)36(29(39)42-25)15-26(37)34-23-3-1-2-4-24(23)35-7-9-40-10-8-35/h1-6,11-14H,7-10,15-16H2,(H,34,37)/b25-13+.